The molecular weight excluding hydrogens is 364 g/mol. The van der Waals surface area contributed by atoms with Crippen LogP contribution in [0.2, 0.25) is 5.02 Å². The lowest BCUT2D eigenvalue weighted by atomic mass is 10.1. The lowest BCUT2D eigenvalue weighted by Crippen LogP contribution is -2.15. The number of carboxylic acid groups (broad SMARTS) is 1. The van der Waals surface area contributed by atoms with E-state index in [2.05, 4.69) is 5.10 Å². The molecule has 2 aromatic carbocycles. The van der Waals surface area contributed by atoms with Crippen LogP contribution in [-0.2, 0) is 15.6 Å². The van der Waals surface area contributed by atoms with Gasteiger partial charge in [0.15, 0.2) is 15.5 Å². The van der Waals surface area contributed by atoms with Gasteiger partial charge in [0, 0.05) is 16.1 Å². The van der Waals surface area contributed by atoms with Crippen LogP contribution in [0, 0.1) is 0 Å². The van der Waals surface area contributed by atoms with Gasteiger partial charge in [-0.1, -0.05) is 35.9 Å². The summed E-state index contributed by atoms with van der Waals surface area (Å²) in [7, 11) is -3.63. The molecule has 0 aliphatic carbocycles. The Morgan fingerprint density at radius 2 is 1.92 bits per heavy atom. The van der Waals surface area contributed by atoms with Crippen molar-refractivity contribution in [1.82, 2.24) is 9.78 Å². The average Bonchev–Trinajstić information content (AvgIpc) is 2.94. The molecule has 0 atom stereocenters. The quantitative estimate of drug-likeness (QED) is 0.744. The second-order valence-electron chi connectivity index (χ2n) is 5.63. The highest BCUT2D eigenvalue weighted by molar-refractivity contribution is 7.90. The van der Waals surface area contributed by atoms with Crippen LogP contribution in [-0.4, -0.2) is 29.3 Å². The Morgan fingerprint density at radius 3 is 2.64 bits per heavy atom. The summed E-state index contributed by atoms with van der Waals surface area (Å²) in [4.78, 5) is 11.8. The number of aromatic carboxylic acids is 1. The number of benzene rings is 2. The van der Waals surface area contributed by atoms with E-state index in [1.54, 1.807) is 42.5 Å². The van der Waals surface area contributed by atoms with E-state index in [0.717, 1.165) is 0 Å². The molecule has 0 amide bonds. The van der Waals surface area contributed by atoms with Gasteiger partial charge in [-0.25, -0.2) is 17.9 Å². The molecule has 0 saturated heterocycles. The Morgan fingerprint density at radius 1 is 1.16 bits per heavy atom. The van der Waals surface area contributed by atoms with Crippen LogP contribution in [0.3, 0.4) is 0 Å². The Kier molecular flexibility index (Phi) is 3.45. The van der Waals surface area contributed by atoms with Crippen molar-refractivity contribution < 1.29 is 18.3 Å². The summed E-state index contributed by atoms with van der Waals surface area (Å²) in [5.41, 5.74) is 1.37. The minimum atomic E-state index is -3.63. The zero-order chi connectivity index (χ0) is 17.8. The number of nitrogens with zero attached hydrogens (tertiary/aromatic N) is 2. The normalized spacial score (nSPS) is 14.6. The Balaban J connectivity index is 2.11. The molecule has 0 fully saturated rings. The zero-order valence-corrected chi connectivity index (χ0v) is 14.3. The Labute approximate surface area is 148 Å². The van der Waals surface area contributed by atoms with Crippen LogP contribution < -0.4 is 0 Å². The van der Waals surface area contributed by atoms with Crippen molar-refractivity contribution >= 4 is 27.4 Å². The van der Waals surface area contributed by atoms with Crippen molar-refractivity contribution in [2.75, 3.05) is 0 Å². The van der Waals surface area contributed by atoms with Crippen LogP contribution in [0.15, 0.2) is 53.4 Å². The largest absolute Gasteiger partial charge is 0.476 e. The lowest BCUT2D eigenvalue weighted by molar-refractivity contribution is 0.0689. The molecule has 1 N–H and O–H groups in total. The van der Waals surface area contributed by atoms with Gasteiger partial charge in [-0.15, -0.1) is 0 Å². The van der Waals surface area contributed by atoms with Crippen LogP contribution in [0.5, 0.6) is 0 Å². The third-order valence-corrected chi connectivity index (χ3v) is 5.98. The van der Waals surface area contributed by atoms with Gasteiger partial charge >= 0.3 is 5.97 Å². The molecule has 1 aliphatic rings. The first-order valence-electron chi connectivity index (χ1n) is 7.32. The second kappa shape index (κ2) is 5.44. The number of halogens is 1. The number of sulfone groups is 1. The molecule has 1 aromatic heterocycles. The van der Waals surface area contributed by atoms with Gasteiger partial charge in [-0.2, -0.15) is 5.10 Å². The van der Waals surface area contributed by atoms with Gasteiger partial charge in [0.25, 0.3) is 0 Å². The van der Waals surface area contributed by atoms with E-state index < -0.39 is 21.6 Å². The maximum Gasteiger partial charge on any atom is 0.356 e. The third-order valence-electron chi connectivity index (χ3n) is 4.05. The molecule has 0 bridgehead atoms. The number of fused-ring (bicyclic) bond motifs is 3. The first-order chi connectivity index (χ1) is 11.9. The molecule has 0 unspecified atom stereocenters. The van der Waals surface area contributed by atoms with E-state index in [-0.39, 0.29) is 16.2 Å². The number of hydrogen-bond donors (Lipinski definition) is 1. The molecule has 0 spiro atoms. The van der Waals surface area contributed by atoms with E-state index in [4.69, 9.17) is 11.6 Å². The van der Waals surface area contributed by atoms with Crippen LogP contribution in [0.1, 0.15) is 16.1 Å². The van der Waals surface area contributed by atoms with Crippen molar-refractivity contribution in [2.24, 2.45) is 0 Å². The standard InChI is InChI=1S/C17H11ClN2O4S/c18-10-4-3-5-11(8-10)20-16-12-6-1-2-7-14(12)25(23,24)9-13(16)15(19-20)17(21)22/h1-8H,9H2,(H,21,22). The van der Waals surface area contributed by atoms with E-state index >= 15 is 0 Å². The monoisotopic (exact) mass is 374 g/mol. The summed E-state index contributed by atoms with van der Waals surface area (Å²) in [6.45, 7) is 0. The predicted octanol–water partition coefficient (Wildman–Crippen LogP) is 3.18. The number of rotatable bonds is 2. The fraction of sp³-hybridized carbons (Fsp3) is 0.0588. The van der Waals surface area contributed by atoms with Gasteiger partial charge in [-0.3, -0.25) is 0 Å². The lowest BCUT2D eigenvalue weighted by Gasteiger charge is -2.18. The molecule has 6 nitrogen and oxygen atoms in total. The molecule has 126 valence electrons. The highest BCUT2D eigenvalue weighted by atomic mass is 35.5. The van der Waals surface area contributed by atoms with Crippen LogP contribution in [0.4, 0.5) is 0 Å². The smallest absolute Gasteiger partial charge is 0.356 e. The number of carbonyl (C=O) groups is 1. The Hall–Kier alpha value is -2.64. The van der Waals surface area contributed by atoms with E-state index in [1.807, 2.05) is 0 Å². The summed E-state index contributed by atoms with van der Waals surface area (Å²) < 4.78 is 26.6. The Bertz CT molecular complexity index is 1140. The van der Waals surface area contributed by atoms with Crippen LogP contribution >= 0.6 is 11.6 Å². The van der Waals surface area contributed by atoms with Crippen molar-refractivity contribution in [2.45, 2.75) is 10.6 Å². The average molecular weight is 375 g/mol. The molecule has 2 heterocycles. The third kappa shape index (κ3) is 2.43. The van der Waals surface area contributed by atoms with Gasteiger partial charge in [0.1, 0.15) is 0 Å². The fourth-order valence-electron chi connectivity index (χ4n) is 3.03. The highest BCUT2D eigenvalue weighted by Crippen LogP contribution is 2.40. The molecule has 3 aromatic rings. The van der Waals surface area contributed by atoms with Crippen molar-refractivity contribution in [1.29, 1.82) is 0 Å². The van der Waals surface area contributed by atoms with E-state index in [9.17, 15) is 18.3 Å². The van der Waals surface area contributed by atoms with Crippen molar-refractivity contribution in [3.63, 3.8) is 0 Å². The molecule has 25 heavy (non-hydrogen) atoms. The van der Waals surface area contributed by atoms with Gasteiger partial charge in [0.2, 0.25) is 0 Å². The number of aromatic nitrogens is 2. The molecule has 8 heteroatoms. The summed E-state index contributed by atoms with van der Waals surface area (Å²) in [6.07, 6.45) is 0. The van der Waals surface area contributed by atoms with Crippen molar-refractivity contribution in [3.8, 4) is 16.9 Å². The van der Waals surface area contributed by atoms with Gasteiger partial charge < -0.3 is 5.11 Å². The molecule has 4 rings (SSSR count). The zero-order valence-electron chi connectivity index (χ0n) is 12.7. The summed E-state index contributed by atoms with van der Waals surface area (Å²) >= 11 is 6.04. The minimum absolute atomic E-state index is 0.169. The first-order valence-corrected chi connectivity index (χ1v) is 9.35. The highest BCUT2D eigenvalue weighted by Gasteiger charge is 2.35. The van der Waals surface area contributed by atoms with E-state index in [1.165, 1.54) is 10.7 Å². The van der Waals surface area contributed by atoms with Crippen LogP contribution in [0.25, 0.3) is 16.9 Å². The van der Waals surface area contributed by atoms with E-state index in [0.29, 0.717) is 22.0 Å². The molecule has 0 radical (unpaired) electrons. The first kappa shape index (κ1) is 15.9. The van der Waals surface area contributed by atoms with Gasteiger partial charge in [0.05, 0.1) is 22.0 Å². The summed E-state index contributed by atoms with van der Waals surface area (Å²) in [5.74, 6) is -1.67. The summed E-state index contributed by atoms with van der Waals surface area (Å²) in [6, 6.07) is 13.3. The number of hydrogen-bond acceptors (Lipinski definition) is 4. The molecule has 1 aliphatic heterocycles. The SMILES string of the molecule is O=C(O)c1nn(-c2cccc(Cl)c2)c2c1CS(=O)(=O)c1ccccc1-2. The van der Waals surface area contributed by atoms with Gasteiger partial charge in [-0.05, 0) is 24.3 Å². The predicted molar refractivity (Wildman–Crippen MR) is 91.9 cm³/mol. The topological polar surface area (TPSA) is 89.3 Å². The molecular formula is C17H11ClN2O4S. The molecule has 0 saturated carbocycles. The minimum Gasteiger partial charge on any atom is -0.476 e. The summed E-state index contributed by atoms with van der Waals surface area (Å²) in [5, 5.41) is 14.1. The fourth-order valence-corrected chi connectivity index (χ4v) is 4.81. The number of carboxylic acids is 1. The maximum absolute atomic E-state index is 12.6. The van der Waals surface area contributed by atoms with Crippen molar-refractivity contribution in [3.05, 3.63) is 64.8 Å². The second-order valence-corrected chi connectivity index (χ2v) is 8.02. The maximum atomic E-state index is 12.6.